The quantitative estimate of drug-likeness (QED) is 0.747. The highest BCUT2D eigenvalue weighted by Gasteiger charge is 2.30. The van der Waals surface area contributed by atoms with Gasteiger partial charge >= 0.3 is 0 Å². The van der Waals surface area contributed by atoms with Crippen molar-refractivity contribution in [2.24, 2.45) is 5.41 Å². The van der Waals surface area contributed by atoms with E-state index in [4.69, 9.17) is 0 Å². The van der Waals surface area contributed by atoms with Crippen molar-refractivity contribution in [3.63, 3.8) is 0 Å². The Kier molecular flexibility index (Phi) is 7.75. The summed E-state index contributed by atoms with van der Waals surface area (Å²) < 4.78 is 0. The van der Waals surface area contributed by atoms with E-state index in [-0.39, 0.29) is 18.3 Å². The molecule has 0 aromatic heterocycles. The van der Waals surface area contributed by atoms with Crippen molar-refractivity contribution in [3.05, 3.63) is 0 Å². The Balaban J connectivity index is 0.00000256. The smallest absolute Gasteiger partial charge is 0.233 e. The van der Waals surface area contributed by atoms with Crippen LogP contribution in [0, 0.1) is 5.41 Å². The number of nitrogens with one attached hydrogen (secondary N) is 2. The Labute approximate surface area is 111 Å². The first-order valence-electron chi connectivity index (χ1n) is 6.23. The molecule has 0 bridgehead atoms. The van der Waals surface area contributed by atoms with E-state index in [0.717, 1.165) is 32.6 Å². The lowest BCUT2D eigenvalue weighted by molar-refractivity contribution is -0.122. The van der Waals surface area contributed by atoms with Gasteiger partial charge in [-0.3, -0.25) is 9.69 Å². The van der Waals surface area contributed by atoms with Crippen LogP contribution in [-0.4, -0.2) is 50.6 Å². The highest BCUT2D eigenvalue weighted by molar-refractivity contribution is 5.85. The van der Waals surface area contributed by atoms with Crippen LogP contribution in [0.1, 0.15) is 26.7 Å². The van der Waals surface area contributed by atoms with Gasteiger partial charge in [0.2, 0.25) is 5.91 Å². The van der Waals surface area contributed by atoms with Gasteiger partial charge in [0, 0.05) is 20.1 Å². The zero-order valence-electron chi connectivity index (χ0n) is 11.2. The number of rotatable bonds is 6. The number of hydrogen-bond donors (Lipinski definition) is 2. The van der Waals surface area contributed by atoms with Gasteiger partial charge in [0.15, 0.2) is 0 Å². The standard InChI is InChI=1S/C12H25N3O.ClH/c1-4-7-15(8-11(16)13-3)10-12(2)5-6-14-9-12;/h14H,4-10H2,1-3H3,(H,13,16);1H. The van der Waals surface area contributed by atoms with Crippen LogP contribution >= 0.6 is 12.4 Å². The lowest BCUT2D eigenvalue weighted by Gasteiger charge is -2.31. The van der Waals surface area contributed by atoms with Gasteiger partial charge in [-0.15, -0.1) is 12.4 Å². The molecule has 0 aromatic carbocycles. The maximum absolute atomic E-state index is 11.4. The number of carbonyl (C=O) groups excluding carboxylic acids is 1. The van der Waals surface area contributed by atoms with Gasteiger partial charge in [-0.1, -0.05) is 13.8 Å². The topological polar surface area (TPSA) is 44.4 Å². The highest BCUT2D eigenvalue weighted by Crippen LogP contribution is 2.25. The Morgan fingerprint density at radius 2 is 2.24 bits per heavy atom. The molecule has 5 heteroatoms. The Bertz CT molecular complexity index is 230. The summed E-state index contributed by atoms with van der Waals surface area (Å²) in [7, 11) is 1.70. The zero-order valence-corrected chi connectivity index (χ0v) is 12.0. The van der Waals surface area contributed by atoms with E-state index >= 15 is 0 Å². The third-order valence-electron chi connectivity index (χ3n) is 3.25. The predicted molar refractivity (Wildman–Crippen MR) is 73.6 cm³/mol. The third kappa shape index (κ3) is 5.70. The lowest BCUT2D eigenvalue weighted by Crippen LogP contribution is -2.42. The Hall–Kier alpha value is -0.320. The van der Waals surface area contributed by atoms with Gasteiger partial charge in [0.05, 0.1) is 6.54 Å². The number of halogens is 1. The molecule has 1 unspecified atom stereocenters. The first kappa shape index (κ1) is 16.7. The summed E-state index contributed by atoms with van der Waals surface area (Å²) in [6.45, 7) is 9.19. The van der Waals surface area contributed by atoms with Crippen LogP contribution in [0.2, 0.25) is 0 Å². The second-order valence-corrected chi connectivity index (χ2v) is 5.12. The molecule has 102 valence electrons. The number of carbonyl (C=O) groups is 1. The normalized spacial score (nSPS) is 23.5. The largest absolute Gasteiger partial charge is 0.358 e. The first-order valence-corrected chi connectivity index (χ1v) is 6.23. The predicted octanol–water partition coefficient (Wildman–Crippen LogP) is 0.866. The maximum Gasteiger partial charge on any atom is 0.233 e. The molecule has 0 saturated carbocycles. The third-order valence-corrected chi connectivity index (χ3v) is 3.25. The molecule has 1 aliphatic heterocycles. The van der Waals surface area contributed by atoms with Gasteiger partial charge in [-0.25, -0.2) is 0 Å². The molecule has 1 saturated heterocycles. The summed E-state index contributed by atoms with van der Waals surface area (Å²) in [5.74, 6) is 0.114. The van der Waals surface area contributed by atoms with E-state index in [1.54, 1.807) is 7.05 Å². The summed E-state index contributed by atoms with van der Waals surface area (Å²) >= 11 is 0. The van der Waals surface area contributed by atoms with Crippen molar-refractivity contribution < 1.29 is 4.79 Å². The summed E-state index contributed by atoms with van der Waals surface area (Å²) in [5, 5.41) is 6.10. The molecule has 4 nitrogen and oxygen atoms in total. The SMILES string of the molecule is CCCN(CC(=O)NC)CC1(C)CCNC1.Cl. The van der Waals surface area contributed by atoms with Gasteiger partial charge in [-0.05, 0) is 31.3 Å². The fourth-order valence-corrected chi connectivity index (χ4v) is 2.36. The van der Waals surface area contributed by atoms with Crippen molar-refractivity contribution in [1.29, 1.82) is 0 Å². The minimum atomic E-state index is 0. The molecule has 0 radical (unpaired) electrons. The minimum absolute atomic E-state index is 0. The Morgan fingerprint density at radius 1 is 1.53 bits per heavy atom. The number of nitrogens with zero attached hydrogens (tertiary/aromatic N) is 1. The van der Waals surface area contributed by atoms with Crippen molar-refractivity contribution in [1.82, 2.24) is 15.5 Å². The van der Waals surface area contributed by atoms with Gasteiger partial charge in [0.1, 0.15) is 0 Å². The molecule has 0 aromatic rings. The van der Waals surface area contributed by atoms with Crippen molar-refractivity contribution in [2.45, 2.75) is 26.7 Å². The van der Waals surface area contributed by atoms with Gasteiger partial charge < -0.3 is 10.6 Å². The number of likely N-dealkylation sites (N-methyl/N-ethyl adjacent to an activating group) is 1. The van der Waals surface area contributed by atoms with E-state index in [1.165, 1.54) is 6.42 Å². The van der Waals surface area contributed by atoms with Crippen molar-refractivity contribution in [3.8, 4) is 0 Å². The summed E-state index contributed by atoms with van der Waals surface area (Å²) in [5.41, 5.74) is 0.336. The molecule has 17 heavy (non-hydrogen) atoms. The highest BCUT2D eigenvalue weighted by atomic mass is 35.5. The summed E-state index contributed by atoms with van der Waals surface area (Å²) in [6.07, 6.45) is 2.31. The van der Waals surface area contributed by atoms with Crippen LogP contribution in [-0.2, 0) is 4.79 Å². The second kappa shape index (κ2) is 7.90. The number of amides is 1. The van der Waals surface area contributed by atoms with Crippen LogP contribution in [0.5, 0.6) is 0 Å². The fraction of sp³-hybridized carbons (Fsp3) is 0.917. The lowest BCUT2D eigenvalue weighted by atomic mass is 9.89. The monoisotopic (exact) mass is 263 g/mol. The van der Waals surface area contributed by atoms with Crippen LogP contribution in [0.25, 0.3) is 0 Å². The average Bonchev–Trinajstić information content (AvgIpc) is 2.65. The van der Waals surface area contributed by atoms with Crippen molar-refractivity contribution in [2.75, 3.05) is 39.8 Å². The van der Waals surface area contributed by atoms with E-state index in [0.29, 0.717) is 12.0 Å². The van der Waals surface area contributed by atoms with E-state index in [2.05, 4.69) is 29.4 Å². The van der Waals surface area contributed by atoms with Crippen LogP contribution < -0.4 is 10.6 Å². The van der Waals surface area contributed by atoms with Gasteiger partial charge in [0.25, 0.3) is 0 Å². The summed E-state index contributed by atoms with van der Waals surface area (Å²) in [6, 6.07) is 0. The van der Waals surface area contributed by atoms with E-state index in [1.807, 2.05) is 0 Å². The molecule has 2 N–H and O–H groups in total. The fourth-order valence-electron chi connectivity index (χ4n) is 2.36. The molecule has 0 aliphatic carbocycles. The average molecular weight is 264 g/mol. The van der Waals surface area contributed by atoms with Gasteiger partial charge in [-0.2, -0.15) is 0 Å². The van der Waals surface area contributed by atoms with Crippen LogP contribution in [0.3, 0.4) is 0 Å². The first-order chi connectivity index (χ1) is 7.59. The second-order valence-electron chi connectivity index (χ2n) is 5.12. The molecular weight excluding hydrogens is 238 g/mol. The van der Waals surface area contributed by atoms with Crippen molar-refractivity contribution >= 4 is 18.3 Å². The van der Waals surface area contributed by atoms with E-state index in [9.17, 15) is 4.79 Å². The molecular formula is C12H26ClN3O. The zero-order chi connectivity index (χ0) is 12.0. The molecule has 1 rings (SSSR count). The van der Waals surface area contributed by atoms with Crippen LogP contribution in [0.15, 0.2) is 0 Å². The number of hydrogen-bond acceptors (Lipinski definition) is 3. The molecule has 0 spiro atoms. The molecule has 1 amide bonds. The minimum Gasteiger partial charge on any atom is -0.358 e. The molecule has 1 atom stereocenters. The van der Waals surface area contributed by atoms with Crippen LogP contribution in [0.4, 0.5) is 0 Å². The molecule has 1 heterocycles. The Morgan fingerprint density at radius 3 is 2.71 bits per heavy atom. The summed E-state index contributed by atoms with van der Waals surface area (Å²) in [4.78, 5) is 13.7. The molecule has 1 fully saturated rings. The molecule has 1 aliphatic rings. The van der Waals surface area contributed by atoms with E-state index < -0.39 is 0 Å². The maximum atomic E-state index is 11.4.